The number of thiophene rings is 1. The van der Waals surface area contributed by atoms with Gasteiger partial charge in [0.15, 0.2) is 9.84 Å². The van der Waals surface area contributed by atoms with Crippen LogP contribution < -0.4 is 10.1 Å². The molecule has 0 saturated carbocycles. The van der Waals surface area contributed by atoms with Crippen molar-refractivity contribution in [1.82, 2.24) is 9.80 Å². The van der Waals surface area contributed by atoms with Crippen molar-refractivity contribution in [1.29, 1.82) is 0 Å². The fourth-order valence-electron chi connectivity index (χ4n) is 4.51. The van der Waals surface area contributed by atoms with E-state index >= 15 is 0 Å². The van der Waals surface area contributed by atoms with E-state index in [4.69, 9.17) is 16.3 Å². The lowest BCUT2D eigenvalue weighted by atomic mass is 9.78. The Kier molecular flexibility index (Phi) is 6.61. The van der Waals surface area contributed by atoms with E-state index in [1.165, 1.54) is 5.38 Å². The molecular weight excluding hydrogens is 486 g/mol. The van der Waals surface area contributed by atoms with Crippen molar-refractivity contribution in [2.24, 2.45) is 5.41 Å². The molecule has 178 valence electrons. The molecule has 3 heterocycles. The second-order valence-electron chi connectivity index (χ2n) is 8.61. The molecule has 1 aromatic carbocycles. The summed E-state index contributed by atoms with van der Waals surface area (Å²) in [6, 6.07) is 7.11. The number of rotatable bonds is 4. The van der Waals surface area contributed by atoms with Crippen LogP contribution in [0.1, 0.15) is 28.9 Å². The summed E-state index contributed by atoms with van der Waals surface area (Å²) in [5, 5.41) is 4.35. The molecule has 1 N–H and O–H groups in total. The lowest BCUT2D eigenvalue weighted by molar-refractivity contribution is 0.0744. The summed E-state index contributed by atoms with van der Waals surface area (Å²) in [5.74, 6) is 0.378. The molecule has 3 amide bonds. The topological polar surface area (TPSA) is 96.0 Å². The number of ether oxygens (including phenoxy) is 1. The van der Waals surface area contributed by atoms with Gasteiger partial charge in [-0.25, -0.2) is 13.2 Å². The molecule has 2 aromatic rings. The molecule has 2 saturated heterocycles. The number of halogens is 1. The summed E-state index contributed by atoms with van der Waals surface area (Å²) >= 11 is 7.29. The molecule has 0 unspecified atom stereocenters. The highest BCUT2D eigenvalue weighted by Crippen LogP contribution is 2.42. The number of hydrogen-bond donors (Lipinski definition) is 1. The lowest BCUT2D eigenvalue weighted by Gasteiger charge is -2.39. The molecule has 2 aliphatic rings. The van der Waals surface area contributed by atoms with Gasteiger partial charge in [0.1, 0.15) is 10.6 Å². The molecule has 1 spiro atoms. The fraction of sp³-hybridized carbons (Fsp3) is 0.455. The number of amides is 3. The quantitative estimate of drug-likeness (QED) is 0.670. The van der Waals surface area contributed by atoms with Gasteiger partial charge in [0.25, 0.3) is 5.91 Å². The summed E-state index contributed by atoms with van der Waals surface area (Å²) in [7, 11) is -1.92. The molecule has 0 aliphatic carbocycles. The second kappa shape index (κ2) is 9.15. The molecular formula is C22H26ClN3O5S2. The number of methoxy groups -OCH3 is 1. The number of benzene rings is 1. The van der Waals surface area contributed by atoms with Crippen LogP contribution in [0.15, 0.2) is 34.5 Å². The second-order valence-corrected chi connectivity index (χ2v) is 11.9. The van der Waals surface area contributed by atoms with Gasteiger partial charge in [-0.3, -0.25) is 4.79 Å². The van der Waals surface area contributed by atoms with Crippen LogP contribution in [-0.2, 0) is 9.84 Å². The number of anilines is 1. The Labute approximate surface area is 202 Å². The van der Waals surface area contributed by atoms with Crippen molar-refractivity contribution < 1.29 is 22.7 Å². The van der Waals surface area contributed by atoms with Crippen molar-refractivity contribution in [3.63, 3.8) is 0 Å². The number of carbonyl (C=O) groups excluding carboxylic acids is 2. The summed E-state index contributed by atoms with van der Waals surface area (Å²) < 4.78 is 29.0. The third-order valence-electron chi connectivity index (χ3n) is 6.48. The Morgan fingerprint density at radius 1 is 1.12 bits per heavy atom. The number of urea groups is 1. The van der Waals surface area contributed by atoms with Crippen molar-refractivity contribution in [3.05, 3.63) is 39.5 Å². The largest absolute Gasteiger partial charge is 0.495 e. The van der Waals surface area contributed by atoms with Crippen LogP contribution in [0.25, 0.3) is 0 Å². The van der Waals surface area contributed by atoms with Crippen LogP contribution in [0.3, 0.4) is 0 Å². The van der Waals surface area contributed by atoms with Crippen molar-refractivity contribution in [2.75, 3.05) is 44.9 Å². The summed E-state index contributed by atoms with van der Waals surface area (Å²) in [6.45, 7) is 2.37. The molecule has 0 bridgehead atoms. The number of hydrogen-bond acceptors (Lipinski definition) is 6. The Morgan fingerprint density at radius 3 is 2.36 bits per heavy atom. The predicted molar refractivity (Wildman–Crippen MR) is 128 cm³/mol. The normalized spacial score (nSPS) is 17.9. The minimum Gasteiger partial charge on any atom is -0.495 e. The maximum atomic E-state index is 13.0. The highest BCUT2D eigenvalue weighted by atomic mass is 35.5. The average Bonchev–Trinajstić information content (AvgIpc) is 3.38. The molecule has 8 nitrogen and oxygen atoms in total. The molecule has 0 radical (unpaired) electrons. The van der Waals surface area contributed by atoms with E-state index in [0.29, 0.717) is 37.6 Å². The third kappa shape index (κ3) is 4.83. The number of nitrogens with zero attached hydrogens (tertiary/aromatic N) is 2. The van der Waals surface area contributed by atoms with Gasteiger partial charge in [-0.15, -0.1) is 11.3 Å². The molecule has 0 atom stereocenters. The van der Waals surface area contributed by atoms with Gasteiger partial charge in [0, 0.05) is 37.8 Å². The zero-order chi connectivity index (χ0) is 23.8. The minimum atomic E-state index is -3.48. The molecule has 1 aromatic heterocycles. The summed E-state index contributed by atoms with van der Waals surface area (Å²) in [6.07, 6.45) is 3.52. The van der Waals surface area contributed by atoms with Crippen molar-refractivity contribution in [3.8, 4) is 5.75 Å². The van der Waals surface area contributed by atoms with E-state index in [9.17, 15) is 18.0 Å². The summed E-state index contributed by atoms with van der Waals surface area (Å²) in [5.41, 5.74) is 0.588. The van der Waals surface area contributed by atoms with Crippen LogP contribution in [0.5, 0.6) is 5.75 Å². The van der Waals surface area contributed by atoms with Gasteiger partial charge < -0.3 is 19.9 Å². The van der Waals surface area contributed by atoms with E-state index in [1.807, 2.05) is 12.1 Å². The van der Waals surface area contributed by atoms with E-state index in [0.717, 1.165) is 36.9 Å². The number of para-hydroxylation sites is 2. The highest BCUT2D eigenvalue weighted by Gasteiger charge is 2.43. The number of nitrogens with one attached hydrogen (secondary N) is 1. The smallest absolute Gasteiger partial charge is 0.321 e. The maximum Gasteiger partial charge on any atom is 0.321 e. The third-order valence-corrected chi connectivity index (χ3v) is 9.33. The Balaban J connectivity index is 1.37. The van der Waals surface area contributed by atoms with Gasteiger partial charge in [0.2, 0.25) is 0 Å². The zero-order valence-corrected chi connectivity index (χ0v) is 20.9. The van der Waals surface area contributed by atoms with Crippen molar-refractivity contribution in [2.45, 2.75) is 24.2 Å². The van der Waals surface area contributed by atoms with E-state index < -0.39 is 9.84 Å². The molecule has 2 aliphatic heterocycles. The highest BCUT2D eigenvalue weighted by molar-refractivity contribution is 7.91. The maximum absolute atomic E-state index is 13.0. The first-order chi connectivity index (χ1) is 15.6. The number of carbonyl (C=O) groups is 2. The fourth-order valence-corrected chi connectivity index (χ4v) is 7.38. The first kappa shape index (κ1) is 23.8. The lowest BCUT2D eigenvalue weighted by Crippen LogP contribution is -2.46. The van der Waals surface area contributed by atoms with E-state index in [1.54, 1.807) is 29.0 Å². The SMILES string of the molecule is COc1ccccc1NC(=O)N1CCC2(CC1)CCN(C(=O)c1scc(S(C)(=O)=O)c1Cl)C2. The van der Waals surface area contributed by atoms with E-state index in [-0.39, 0.29) is 32.1 Å². The molecule has 2 fully saturated rings. The Bertz CT molecular complexity index is 1170. The standard InChI is InChI=1S/C22H26ClN3O5S2/c1-31-16-6-4-3-5-15(16)24-21(28)25-10-7-22(8-11-25)9-12-26(14-22)20(27)19-18(23)17(13-32-19)33(2,29)30/h3-6,13H,7-12,14H2,1-2H3,(H,24,28). The van der Waals surface area contributed by atoms with Gasteiger partial charge in [-0.2, -0.15) is 0 Å². The Morgan fingerprint density at radius 2 is 1.76 bits per heavy atom. The van der Waals surface area contributed by atoms with Crippen LogP contribution in [0.2, 0.25) is 5.02 Å². The van der Waals surface area contributed by atoms with Crippen LogP contribution in [-0.4, -0.2) is 69.7 Å². The van der Waals surface area contributed by atoms with E-state index in [2.05, 4.69) is 5.32 Å². The summed E-state index contributed by atoms with van der Waals surface area (Å²) in [4.78, 5) is 29.6. The van der Waals surface area contributed by atoms with Crippen LogP contribution in [0, 0.1) is 5.41 Å². The van der Waals surface area contributed by atoms with Gasteiger partial charge in [0.05, 0.1) is 22.7 Å². The number of likely N-dealkylation sites (tertiary alicyclic amines) is 2. The van der Waals surface area contributed by atoms with Crippen LogP contribution >= 0.6 is 22.9 Å². The molecule has 11 heteroatoms. The monoisotopic (exact) mass is 511 g/mol. The first-order valence-electron chi connectivity index (χ1n) is 10.6. The zero-order valence-electron chi connectivity index (χ0n) is 18.5. The number of piperidine rings is 1. The van der Waals surface area contributed by atoms with Gasteiger partial charge >= 0.3 is 6.03 Å². The average molecular weight is 512 g/mol. The molecule has 4 rings (SSSR count). The predicted octanol–water partition coefficient (Wildman–Crippen LogP) is 3.97. The minimum absolute atomic E-state index is 0.000735. The number of sulfone groups is 1. The van der Waals surface area contributed by atoms with Crippen LogP contribution in [0.4, 0.5) is 10.5 Å². The van der Waals surface area contributed by atoms with Gasteiger partial charge in [-0.05, 0) is 36.8 Å². The van der Waals surface area contributed by atoms with Crippen molar-refractivity contribution >= 4 is 50.4 Å². The Hall–Kier alpha value is -2.30. The molecule has 33 heavy (non-hydrogen) atoms. The first-order valence-corrected chi connectivity index (χ1v) is 13.7. The van der Waals surface area contributed by atoms with Gasteiger partial charge in [-0.1, -0.05) is 23.7 Å².